The predicted molar refractivity (Wildman–Crippen MR) is 70.3 cm³/mol. The Morgan fingerprint density at radius 3 is 2.82 bits per heavy atom. The van der Waals surface area contributed by atoms with E-state index in [4.69, 9.17) is 0 Å². The van der Waals surface area contributed by atoms with E-state index in [0.29, 0.717) is 6.04 Å². The van der Waals surface area contributed by atoms with Crippen LogP contribution < -0.4 is 10.2 Å². The van der Waals surface area contributed by atoms with E-state index in [9.17, 15) is 0 Å². The molecule has 1 fully saturated rings. The molecule has 1 saturated heterocycles. The second kappa shape index (κ2) is 5.96. The quantitative estimate of drug-likeness (QED) is 0.862. The normalized spacial score (nSPS) is 20.2. The third kappa shape index (κ3) is 3.40. The van der Waals surface area contributed by atoms with E-state index in [2.05, 4.69) is 33.4 Å². The van der Waals surface area contributed by atoms with E-state index in [0.717, 1.165) is 31.1 Å². The SMILES string of the molecule is CCN(CC1CCCCN1)c1ccc(C)nn1. The largest absolute Gasteiger partial charge is 0.354 e. The van der Waals surface area contributed by atoms with Crippen molar-refractivity contribution in [2.75, 3.05) is 24.5 Å². The van der Waals surface area contributed by atoms with Gasteiger partial charge in [-0.15, -0.1) is 5.10 Å². The number of aryl methyl sites for hydroxylation is 1. The summed E-state index contributed by atoms with van der Waals surface area (Å²) in [4.78, 5) is 2.30. The third-order valence-corrected chi connectivity index (χ3v) is 3.34. The molecule has 1 atom stereocenters. The molecule has 1 aromatic rings. The zero-order chi connectivity index (χ0) is 12.1. The Labute approximate surface area is 103 Å². The Hall–Kier alpha value is -1.16. The summed E-state index contributed by atoms with van der Waals surface area (Å²) in [7, 11) is 0. The van der Waals surface area contributed by atoms with Crippen LogP contribution in [0, 0.1) is 6.92 Å². The predicted octanol–water partition coefficient (Wildman–Crippen LogP) is 1.75. The maximum atomic E-state index is 4.26. The lowest BCUT2D eigenvalue weighted by Crippen LogP contribution is -2.44. The van der Waals surface area contributed by atoms with Crippen LogP contribution in [0.5, 0.6) is 0 Å². The van der Waals surface area contributed by atoms with Gasteiger partial charge in [-0.05, 0) is 45.4 Å². The summed E-state index contributed by atoms with van der Waals surface area (Å²) in [6, 6.07) is 4.69. The van der Waals surface area contributed by atoms with Crippen molar-refractivity contribution in [3.63, 3.8) is 0 Å². The molecule has 1 aliphatic rings. The fraction of sp³-hybridized carbons (Fsp3) is 0.692. The van der Waals surface area contributed by atoms with Crippen LogP contribution in [-0.2, 0) is 0 Å². The summed E-state index contributed by atoms with van der Waals surface area (Å²) < 4.78 is 0. The summed E-state index contributed by atoms with van der Waals surface area (Å²) in [6.07, 6.45) is 3.93. The average molecular weight is 234 g/mol. The number of rotatable bonds is 4. The van der Waals surface area contributed by atoms with E-state index in [1.807, 2.05) is 13.0 Å². The van der Waals surface area contributed by atoms with Crippen molar-refractivity contribution in [1.82, 2.24) is 15.5 Å². The number of piperidine rings is 1. The van der Waals surface area contributed by atoms with Crippen LogP contribution in [0.3, 0.4) is 0 Å². The number of likely N-dealkylation sites (N-methyl/N-ethyl adjacent to an activating group) is 1. The van der Waals surface area contributed by atoms with Crippen LogP contribution in [0.4, 0.5) is 5.82 Å². The van der Waals surface area contributed by atoms with Gasteiger partial charge in [0.2, 0.25) is 0 Å². The number of hydrogen-bond donors (Lipinski definition) is 1. The van der Waals surface area contributed by atoms with Crippen molar-refractivity contribution in [2.45, 2.75) is 39.2 Å². The van der Waals surface area contributed by atoms with Crippen molar-refractivity contribution in [2.24, 2.45) is 0 Å². The second-order valence-electron chi connectivity index (χ2n) is 4.72. The standard InChI is InChI=1S/C13H22N4/c1-3-17(10-12-6-4-5-9-14-12)13-8-7-11(2)15-16-13/h7-8,12,14H,3-6,9-10H2,1-2H3. The van der Waals surface area contributed by atoms with Crippen molar-refractivity contribution in [1.29, 1.82) is 0 Å². The van der Waals surface area contributed by atoms with Crippen molar-refractivity contribution < 1.29 is 0 Å². The fourth-order valence-electron chi connectivity index (χ4n) is 2.29. The number of anilines is 1. The monoisotopic (exact) mass is 234 g/mol. The lowest BCUT2D eigenvalue weighted by molar-refractivity contribution is 0.399. The van der Waals surface area contributed by atoms with Gasteiger partial charge in [0, 0.05) is 19.1 Å². The van der Waals surface area contributed by atoms with E-state index in [1.54, 1.807) is 0 Å². The summed E-state index contributed by atoms with van der Waals surface area (Å²) in [5, 5.41) is 12.0. The third-order valence-electron chi connectivity index (χ3n) is 3.34. The molecular weight excluding hydrogens is 212 g/mol. The molecule has 4 heteroatoms. The van der Waals surface area contributed by atoms with Crippen LogP contribution in [0.2, 0.25) is 0 Å². The van der Waals surface area contributed by atoms with Gasteiger partial charge in [-0.2, -0.15) is 5.10 Å². The summed E-state index contributed by atoms with van der Waals surface area (Å²) in [6.45, 7) is 7.31. The Kier molecular flexibility index (Phi) is 4.31. The van der Waals surface area contributed by atoms with E-state index >= 15 is 0 Å². The van der Waals surface area contributed by atoms with Gasteiger partial charge < -0.3 is 10.2 Å². The molecule has 0 aromatic carbocycles. The zero-order valence-electron chi connectivity index (χ0n) is 10.8. The topological polar surface area (TPSA) is 41.0 Å². The Bertz CT molecular complexity index is 330. The molecule has 4 nitrogen and oxygen atoms in total. The highest BCUT2D eigenvalue weighted by Crippen LogP contribution is 2.13. The second-order valence-corrected chi connectivity index (χ2v) is 4.72. The van der Waals surface area contributed by atoms with Crippen LogP contribution >= 0.6 is 0 Å². The van der Waals surface area contributed by atoms with Gasteiger partial charge in [0.15, 0.2) is 5.82 Å². The molecule has 0 saturated carbocycles. The maximum absolute atomic E-state index is 4.26. The van der Waals surface area contributed by atoms with Crippen LogP contribution in [0.1, 0.15) is 31.9 Å². The molecule has 0 aliphatic carbocycles. The molecule has 1 unspecified atom stereocenters. The van der Waals surface area contributed by atoms with Crippen molar-refractivity contribution in [3.05, 3.63) is 17.8 Å². The molecule has 0 amide bonds. The Balaban J connectivity index is 1.97. The van der Waals surface area contributed by atoms with Gasteiger partial charge in [-0.3, -0.25) is 0 Å². The number of nitrogens with one attached hydrogen (secondary N) is 1. The highest BCUT2D eigenvalue weighted by molar-refractivity contribution is 5.37. The van der Waals surface area contributed by atoms with E-state index in [-0.39, 0.29) is 0 Å². The molecule has 0 radical (unpaired) electrons. The molecule has 2 heterocycles. The minimum atomic E-state index is 0.604. The molecule has 0 spiro atoms. The van der Waals surface area contributed by atoms with E-state index in [1.165, 1.54) is 19.3 Å². The first-order valence-corrected chi connectivity index (χ1v) is 6.58. The lowest BCUT2D eigenvalue weighted by Gasteiger charge is -2.30. The van der Waals surface area contributed by atoms with Crippen LogP contribution in [-0.4, -0.2) is 35.9 Å². The van der Waals surface area contributed by atoms with Crippen LogP contribution in [0.25, 0.3) is 0 Å². The maximum Gasteiger partial charge on any atom is 0.151 e. The lowest BCUT2D eigenvalue weighted by atomic mass is 10.0. The van der Waals surface area contributed by atoms with Crippen molar-refractivity contribution >= 4 is 5.82 Å². The van der Waals surface area contributed by atoms with Gasteiger partial charge in [0.1, 0.15) is 0 Å². The first-order chi connectivity index (χ1) is 8.29. The Morgan fingerprint density at radius 1 is 1.35 bits per heavy atom. The number of hydrogen-bond acceptors (Lipinski definition) is 4. The summed E-state index contributed by atoms with van der Waals surface area (Å²) in [5.74, 6) is 0.991. The smallest absolute Gasteiger partial charge is 0.151 e. The molecule has 94 valence electrons. The summed E-state index contributed by atoms with van der Waals surface area (Å²) >= 11 is 0. The number of nitrogens with zero attached hydrogens (tertiary/aromatic N) is 3. The zero-order valence-corrected chi connectivity index (χ0v) is 10.8. The molecular formula is C13H22N4. The first kappa shape index (κ1) is 12.3. The highest BCUT2D eigenvalue weighted by atomic mass is 15.3. The average Bonchev–Trinajstić information content (AvgIpc) is 2.38. The van der Waals surface area contributed by atoms with Gasteiger partial charge in [-0.25, -0.2) is 0 Å². The molecule has 2 rings (SSSR count). The minimum Gasteiger partial charge on any atom is -0.354 e. The molecule has 0 bridgehead atoms. The Morgan fingerprint density at radius 2 is 2.24 bits per heavy atom. The van der Waals surface area contributed by atoms with Gasteiger partial charge in [0.25, 0.3) is 0 Å². The summed E-state index contributed by atoms with van der Waals surface area (Å²) in [5.41, 5.74) is 0.973. The number of aromatic nitrogens is 2. The van der Waals surface area contributed by atoms with Gasteiger partial charge >= 0.3 is 0 Å². The molecule has 1 aliphatic heterocycles. The highest BCUT2D eigenvalue weighted by Gasteiger charge is 2.16. The van der Waals surface area contributed by atoms with Crippen molar-refractivity contribution in [3.8, 4) is 0 Å². The van der Waals surface area contributed by atoms with Gasteiger partial charge in [0.05, 0.1) is 5.69 Å². The molecule has 17 heavy (non-hydrogen) atoms. The van der Waals surface area contributed by atoms with Gasteiger partial charge in [-0.1, -0.05) is 6.42 Å². The van der Waals surface area contributed by atoms with E-state index < -0.39 is 0 Å². The van der Waals surface area contributed by atoms with Crippen LogP contribution in [0.15, 0.2) is 12.1 Å². The molecule has 1 aromatic heterocycles. The fourth-order valence-corrected chi connectivity index (χ4v) is 2.29. The minimum absolute atomic E-state index is 0.604. The first-order valence-electron chi connectivity index (χ1n) is 6.58. The molecule has 1 N–H and O–H groups in total.